The van der Waals surface area contributed by atoms with Gasteiger partial charge < -0.3 is 19.7 Å². The minimum atomic E-state index is -0.446. The first kappa shape index (κ1) is 14.2. The molecule has 104 valence electrons. The smallest absolute Gasteiger partial charge is 0.173 e. The fraction of sp³-hybridized carbons (Fsp3) is 0.500. The number of piperidine rings is 1. The molecule has 0 amide bonds. The summed E-state index contributed by atoms with van der Waals surface area (Å²) >= 11 is 5.44. The molecule has 19 heavy (non-hydrogen) atoms. The van der Waals surface area contributed by atoms with E-state index in [4.69, 9.17) is 21.7 Å². The number of hydrogen-bond donors (Lipinski definition) is 1. The van der Waals surface area contributed by atoms with Crippen molar-refractivity contribution >= 4 is 23.0 Å². The maximum Gasteiger partial charge on any atom is 0.173 e. The van der Waals surface area contributed by atoms with Gasteiger partial charge in [0.05, 0.1) is 0 Å². The van der Waals surface area contributed by atoms with Crippen LogP contribution in [0.1, 0.15) is 12.8 Å². The van der Waals surface area contributed by atoms with Crippen LogP contribution in [0.4, 0.5) is 5.69 Å². The van der Waals surface area contributed by atoms with E-state index in [1.165, 1.54) is 0 Å². The molecule has 0 aliphatic carbocycles. The van der Waals surface area contributed by atoms with Crippen molar-refractivity contribution < 1.29 is 9.47 Å². The van der Waals surface area contributed by atoms with Crippen LogP contribution in [-0.4, -0.2) is 43.1 Å². The molecule has 1 aliphatic heterocycles. The molecule has 1 aromatic rings. The van der Waals surface area contributed by atoms with Crippen LogP contribution in [0.5, 0.6) is 0 Å². The summed E-state index contributed by atoms with van der Waals surface area (Å²) in [6, 6.07) is 9.97. The van der Waals surface area contributed by atoms with Crippen molar-refractivity contribution in [3.63, 3.8) is 0 Å². The topological polar surface area (TPSA) is 33.7 Å². The summed E-state index contributed by atoms with van der Waals surface area (Å²) < 4.78 is 10.9. The molecular weight excluding hydrogens is 260 g/mol. The van der Waals surface area contributed by atoms with Gasteiger partial charge in [-0.1, -0.05) is 18.2 Å². The summed E-state index contributed by atoms with van der Waals surface area (Å²) in [7, 11) is 3.39. The van der Waals surface area contributed by atoms with Crippen molar-refractivity contribution in [3.8, 4) is 0 Å². The van der Waals surface area contributed by atoms with E-state index >= 15 is 0 Å². The van der Waals surface area contributed by atoms with Gasteiger partial charge in [-0.2, -0.15) is 0 Å². The summed E-state index contributed by atoms with van der Waals surface area (Å²) in [5.74, 6) is -0.446. The van der Waals surface area contributed by atoms with Gasteiger partial charge in [0, 0.05) is 45.8 Å². The molecule has 1 fully saturated rings. The summed E-state index contributed by atoms with van der Waals surface area (Å²) in [5.41, 5.74) is 1.02. The van der Waals surface area contributed by atoms with E-state index in [1.54, 1.807) is 14.2 Å². The molecule has 0 unspecified atom stereocenters. The summed E-state index contributed by atoms with van der Waals surface area (Å²) in [5, 5.41) is 4.01. The van der Waals surface area contributed by atoms with Gasteiger partial charge in [-0.25, -0.2) is 0 Å². The fourth-order valence-electron chi connectivity index (χ4n) is 2.27. The highest BCUT2D eigenvalue weighted by Crippen LogP contribution is 2.26. The van der Waals surface area contributed by atoms with Crippen LogP contribution in [0.2, 0.25) is 0 Å². The molecule has 1 heterocycles. The molecule has 0 aromatic heterocycles. The molecular formula is C14H20N2O2S. The third-order valence-corrected chi connectivity index (χ3v) is 3.94. The van der Waals surface area contributed by atoms with E-state index in [9.17, 15) is 0 Å². The normalized spacial score (nSPS) is 18.1. The number of nitrogens with one attached hydrogen (secondary N) is 1. The average Bonchev–Trinajstić information content (AvgIpc) is 2.48. The Bertz CT molecular complexity index is 411. The highest BCUT2D eigenvalue weighted by atomic mass is 32.1. The largest absolute Gasteiger partial charge is 0.353 e. The molecule has 1 saturated heterocycles. The maximum absolute atomic E-state index is 5.46. The number of thiocarbonyl (C=S) groups is 1. The van der Waals surface area contributed by atoms with E-state index in [0.29, 0.717) is 0 Å². The van der Waals surface area contributed by atoms with Crippen LogP contribution >= 0.6 is 12.2 Å². The highest BCUT2D eigenvalue weighted by Gasteiger charge is 2.35. The summed E-state index contributed by atoms with van der Waals surface area (Å²) in [6.45, 7) is 1.67. The molecule has 5 heteroatoms. The first-order chi connectivity index (χ1) is 9.19. The lowest BCUT2D eigenvalue weighted by Gasteiger charge is -2.40. The third-order valence-electron chi connectivity index (χ3n) is 3.58. The van der Waals surface area contributed by atoms with E-state index in [0.717, 1.165) is 36.7 Å². The van der Waals surface area contributed by atoms with Crippen LogP contribution in [0.15, 0.2) is 30.3 Å². The van der Waals surface area contributed by atoms with Gasteiger partial charge in [-0.3, -0.25) is 0 Å². The lowest BCUT2D eigenvalue weighted by Crippen LogP contribution is -2.49. The first-order valence-corrected chi connectivity index (χ1v) is 6.81. The Morgan fingerprint density at radius 1 is 1.16 bits per heavy atom. The van der Waals surface area contributed by atoms with Gasteiger partial charge in [0.25, 0.3) is 0 Å². The Morgan fingerprint density at radius 2 is 1.74 bits per heavy atom. The SMILES string of the molecule is COC1(OC)CCN(C(=S)Nc2ccccc2)CC1. The Balaban J connectivity index is 1.89. The molecule has 0 atom stereocenters. The van der Waals surface area contributed by atoms with Gasteiger partial charge in [-0.15, -0.1) is 0 Å². The van der Waals surface area contributed by atoms with Crippen LogP contribution in [0, 0.1) is 0 Å². The fourth-order valence-corrected chi connectivity index (χ4v) is 2.57. The Kier molecular flexibility index (Phi) is 4.74. The molecule has 4 nitrogen and oxygen atoms in total. The monoisotopic (exact) mass is 280 g/mol. The van der Waals surface area contributed by atoms with Crippen LogP contribution in [-0.2, 0) is 9.47 Å². The second-order valence-electron chi connectivity index (χ2n) is 4.60. The first-order valence-electron chi connectivity index (χ1n) is 6.40. The Hall–Kier alpha value is -1.17. The van der Waals surface area contributed by atoms with Crippen LogP contribution in [0.3, 0.4) is 0 Å². The number of para-hydroxylation sites is 1. The van der Waals surface area contributed by atoms with E-state index in [-0.39, 0.29) is 0 Å². The van der Waals surface area contributed by atoms with Gasteiger partial charge >= 0.3 is 0 Å². The van der Waals surface area contributed by atoms with Crippen LogP contribution < -0.4 is 5.32 Å². The molecule has 1 aliphatic rings. The maximum atomic E-state index is 5.46. The number of benzene rings is 1. The minimum absolute atomic E-state index is 0.446. The number of nitrogens with zero attached hydrogens (tertiary/aromatic N) is 1. The number of ether oxygens (including phenoxy) is 2. The molecule has 1 N–H and O–H groups in total. The van der Waals surface area contributed by atoms with E-state index in [1.807, 2.05) is 30.3 Å². The van der Waals surface area contributed by atoms with E-state index < -0.39 is 5.79 Å². The molecule has 1 aromatic carbocycles. The van der Waals surface area contributed by atoms with Crippen molar-refractivity contribution in [2.24, 2.45) is 0 Å². The van der Waals surface area contributed by atoms with Crippen molar-refractivity contribution in [3.05, 3.63) is 30.3 Å². The molecule has 0 bridgehead atoms. The summed E-state index contributed by atoms with van der Waals surface area (Å²) in [4.78, 5) is 2.15. The average molecular weight is 280 g/mol. The standard InChI is InChI=1S/C14H20N2O2S/c1-17-14(18-2)8-10-16(11-9-14)13(19)15-12-6-4-3-5-7-12/h3-7H,8-11H2,1-2H3,(H,15,19). The number of anilines is 1. The van der Waals surface area contributed by atoms with Crippen molar-refractivity contribution in [1.29, 1.82) is 0 Å². The Labute approximate surface area is 119 Å². The third kappa shape index (κ3) is 3.43. The number of rotatable bonds is 3. The number of methoxy groups -OCH3 is 2. The molecule has 0 radical (unpaired) electrons. The zero-order valence-corrected chi connectivity index (χ0v) is 12.2. The van der Waals surface area contributed by atoms with Gasteiger partial charge in [0.15, 0.2) is 10.9 Å². The lowest BCUT2D eigenvalue weighted by atomic mass is 10.0. The van der Waals surface area contributed by atoms with Crippen LogP contribution in [0.25, 0.3) is 0 Å². The zero-order valence-electron chi connectivity index (χ0n) is 11.4. The predicted octanol–water partition coefficient (Wildman–Crippen LogP) is 2.47. The highest BCUT2D eigenvalue weighted by molar-refractivity contribution is 7.80. The lowest BCUT2D eigenvalue weighted by molar-refractivity contribution is -0.225. The second-order valence-corrected chi connectivity index (χ2v) is 4.99. The molecule has 0 saturated carbocycles. The minimum Gasteiger partial charge on any atom is -0.353 e. The number of hydrogen-bond acceptors (Lipinski definition) is 3. The van der Waals surface area contributed by atoms with Gasteiger partial charge in [0.1, 0.15) is 0 Å². The van der Waals surface area contributed by atoms with Gasteiger partial charge in [0.2, 0.25) is 0 Å². The number of likely N-dealkylation sites (tertiary alicyclic amines) is 1. The Morgan fingerprint density at radius 3 is 2.26 bits per heavy atom. The molecule has 0 spiro atoms. The molecule has 2 rings (SSSR count). The van der Waals surface area contributed by atoms with Gasteiger partial charge in [-0.05, 0) is 24.4 Å². The van der Waals surface area contributed by atoms with E-state index in [2.05, 4.69) is 10.2 Å². The van der Waals surface area contributed by atoms with Crippen molar-refractivity contribution in [2.75, 3.05) is 32.6 Å². The predicted molar refractivity (Wildman–Crippen MR) is 80.2 cm³/mol. The second kappa shape index (κ2) is 6.32. The quantitative estimate of drug-likeness (QED) is 0.679. The van der Waals surface area contributed by atoms with Crippen molar-refractivity contribution in [2.45, 2.75) is 18.6 Å². The zero-order chi connectivity index (χ0) is 13.7. The van der Waals surface area contributed by atoms with Crippen molar-refractivity contribution in [1.82, 2.24) is 4.90 Å². The summed E-state index contributed by atoms with van der Waals surface area (Å²) in [6.07, 6.45) is 1.63.